The lowest BCUT2D eigenvalue weighted by molar-refractivity contribution is 0.0251. The van der Waals surface area contributed by atoms with E-state index >= 15 is 0 Å². The highest BCUT2D eigenvalue weighted by Crippen LogP contribution is 2.23. The van der Waals surface area contributed by atoms with Crippen LogP contribution in [-0.4, -0.2) is 32.9 Å². The lowest BCUT2D eigenvalue weighted by atomic mass is 10.0. The van der Waals surface area contributed by atoms with Crippen molar-refractivity contribution < 1.29 is 13.2 Å². The van der Waals surface area contributed by atoms with Gasteiger partial charge in [0.25, 0.3) is 0 Å². The van der Waals surface area contributed by atoms with Crippen LogP contribution in [0.15, 0.2) is 0 Å². The van der Waals surface area contributed by atoms with Crippen LogP contribution in [0.2, 0.25) is 0 Å². The molecule has 80 valence electrons. The van der Waals surface area contributed by atoms with E-state index in [1.165, 1.54) is 0 Å². The van der Waals surface area contributed by atoms with Gasteiger partial charge in [-0.1, -0.05) is 0 Å². The minimum atomic E-state index is -3.45. The molecule has 1 aliphatic rings. The summed E-state index contributed by atoms with van der Waals surface area (Å²) >= 11 is 0. The van der Waals surface area contributed by atoms with E-state index in [0.717, 1.165) is 12.8 Å². The summed E-state index contributed by atoms with van der Waals surface area (Å²) in [6.45, 7) is 2.79. The van der Waals surface area contributed by atoms with Crippen LogP contribution in [0.5, 0.6) is 0 Å². The van der Waals surface area contributed by atoms with Crippen molar-refractivity contribution in [3.63, 3.8) is 0 Å². The van der Waals surface area contributed by atoms with Gasteiger partial charge in [-0.25, -0.2) is 13.1 Å². The first-order valence-corrected chi connectivity index (χ1v) is 6.11. The average Bonchev–Trinajstić information content (AvgIpc) is 2.50. The van der Waals surface area contributed by atoms with E-state index in [-0.39, 0.29) is 6.54 Å². The molecule has 0 bridgehead atoms. The summed E-state index contributed by atoms with van der Waals surface area (Å²) in [6.07, 6.45) is 1.80. The Morgan fingerprint density at radius 1 is 1.64 bits per heavy atom. The molecular weight excluding hydrogens is 204 g/mol. The van der Waals surface area contributed by atoms with Crippen LogP contribution >= 0.6 is 0 Å². The van der Waals surface area contributed by atoms with E-state index in [1.807, 2.05) is 6.92 Å². The van der Waals surface area contributed by atoms with Crippen molar-refractivity contribution in [2.24, 2.45) is 0 Å². The van der Waals surface area contributed by atoms with E-state index < -0.39 is 21.4 Å². The van der Waals surface area contributed by atoms with E-state index in [1.54, 1.807) is 6.07 Å². The maximum absolute atomic E-state index is 11.1. The molecule has 0 aromatic heterocycles. The zero-order valence-corrected chi connectivity index (χ0v) is 8.93. The first-order valence-electron chi connectivity index (χ1n) is 4.46. The molecule has 1 unspecified atom stereocenters. The third-order valence-corrected chi connectivity index (χ3v) is 3.31. The number of hydrogen-bond donors (Lipinski definition) is 1. The molecule has 0 radical (unpaired) electrons. The molecule has 1 heterocycles. The summed E-state index contributed by atoms with van der Waals surface area (Å²) in [6, 6.07) is 1.60. The van der Waals surface area contributed by atoms with Crippen molar-refractivity contribution in [2.75, 3.05) is 18.9 Å². The Bertz CT molecular complexity index is 325. The second kappa shape index (κ2) is 4.26. The molecule has 1 fully saturated rings. The van der Waals surface area contributed by atoms with Gasteiger partial charge in [0, 0.05) is 13.2 Å². The number of rotatable bonds is 4. The summed E-state index contributed by atoms with van der Waals surface area (Å²) in [7, 11) is -3.45. The van der Waals surface area contributed by atoms with Gasteiger partial charge in [0.15, 0.2) is 5.75 Å². The molecule has 5 nitrogen and oxygen atoms in total. The highest BCUT2D eigenvalue weighted by molar-refractivity contribution is 7.89. The normalized spacial score (nSPS) is 27.4. The van der Waals surface area contributed by atoms with Crippen LogP contribution in [0, 0.1) is 11.3 Å². The third kappa shape index (κ3) is 3.25. The highest BCUT2D eigenvalue weighted by Gasteiger charge is 2.30. The number of nitrogens with zero attached hydrogens (tertiary/aromatic N) is 1. The molecule has 1 rings (SSSR count). The summed E-state index contributed by atoms with van der Waals surface area (Å²) in [5.41, 5.74) is -0.400. The zero-order valence-electron chi connectivity index (χ0n) is 8.12. The smallest absolute Gasteiger partial charge is 0.225 e. The fourth-order valence-electron chi connectivity index (χ4n) is 1.37. The van der Waals surface area contributed by atoms with Crippen molar-refractivity contribution in [1.82, 2.24) is 4.72 Å². The maximum atomic E-state index is 11.1. The van der Waals surface area contributed by atoms with E-state index in [0.29, 0.717) is 6.61 Å². The Hall–Kier alpha value is -0.640. The predicted octanol–water partition coefficient (Wildman–Crippen LogP) is -0.00152. The molecule has 0 aromatic carbocycles. The van der Waals surface area contributed by atoms with Gasteiger partial charge in [0.05, 0.1) is 11.7 Å². The van der Waals surface area contributed by atoms with Gasteiger partial charge in [0.2, 0.25) is 10.0 Å². The highest BCUT2D eigenvalue weighted by atomic mass is 32.2. The fraction of sp³-hybridized carbons (Fsp3) is 0.875. The van der Waals surface area contributed by atoms with Gasteiger partial charge in [-0.15, -0.1) is 0 Å². The number of nitriles is 1. The molecule has 0 saturated carbocycles. The number of nitrogens with one attached hydrogen (secondary N) is 1. The Balaban J connectivity index is 2.44. The Morgan fingerprint density at radius 2 is 2.36 bits per heavy atom. The van der Waals surface area contributed by atoms with Crippen LogP contribution < -0.4 is 4.72 Å². The summed E-state index contributed by atoms with van der Waals surface area (Å²) in [4.78, 5) is 0. The molecule has 0 aromatic rings. The van der Waals surface area contributed by atoms with E-state index in [4.69, 9.17) is 10.00 Å². The standard InChI is InChI=1S/C8H14N2O3S/c1-8(3-2-5-13-8)7-10-14(11,12)6-4-9/h10H,2-3,5-7H2,1H3. The van der Waals surface area contributed by atoms with Gasteiger partial charge >= 0.3 is 0 Å². The van der Waals surface area contributed by atoms with Crippen molar-refractivity contribution in [1.29, 1.82) is 5.26 Å². The Kier molecular flexibility index (Phi) is 3.48. The van der Waals surface area contributed by atoms with Crippen molar-refractivity contribution >= 4 is 10.0 Å². The van der Waals surface area contributed by atoms with Crippen LogP contribution in [0.25, 0.3) is 0 Å². The van der Waals surface area contributed by atoms with Gasteiger partial charge in [-0.3, -0.25) is 0 Å². The van der Waals surface area contributed by atoms with E-state index in [9.17, 15) is 8.42 Å². The molecule has 14 heavy (non-hydrogen) atoms. The van der Waals surface area contributed by atoms with Crippen LogP contribution in [-0.2, 0) is 14.8 Å². The molecule has 0 aliphatic carbocycles. The molecule has 0 amide bonds. The van der Waals surface area contributed by atoms with E-state index in [2.05, 4.69) is 4.72 Å². The minimum absolute atomic E-state index is 0.247. The third-order valence-electron chi connectivity index (χ3n) is 2.22. The monoisotopic (exact) mass is 218 g/mol. The maximum Gasteiger partial charge on any atom is 0.225 e. The molecule has 1 saturated heterocycles. The van der Waals surface area contributed by atoms with Crippen molar-refractivity contribution in [3.05, 3.63) is 0 Å². The van der Waals surface area contributed by atoms with Gasteiger partial charge in [-0.2, -0.15) is 5.26 Å². The SMILES string of the molecule is CC1(CNS(=O)(=O)CC#N)CCCO1. The topological polar surface area (TPSA) is 79.2 Å². The number of ether oxygens (including phenoxy) is 1. The second-order valence-electron chi connectivity index (χ2n) is 3.64. The Morgan fingerprint density at radius 3 is 2.86 bits per heavy atom. The molecule has 1 aliphatic heterocycles. The lowest BCUT2D eigenvalue weighted by Gasteiger charge is -2.22. The summed E-state index contributed by atoms with van der Waals surface area (Å²) in [5, 5.41) is 8.26. The largest absolute Gasteiger partial charge is 0.374 e. The van der Waals surface area contributed by atoms with Gasteiger partial charge in [0.1, 0.15) is 0 Å². The molecular formula is C8H14N2O3S. The second-order valence-corrected chi connectivity index (χ2v) is 5.45. The summed E-state index contributed by atoms with van der Waals surface area (Å²) in [5.74, 6) is -0.497. The quantitative estimate of drug-likeness (QED) is 0.720. The van der Waals surface area contributed by atoms with Gasteiger partial charge in [-0.05, 0) is 19.8 Å². The molecule has 0 spiro atoms. The number of hydrogen-bond acceptors (Lipinski definition) is 4. The Labute approximate surface area is 84.1 Å². The first-order chi connectivity index (χ1) is 6.47. The fourth-order valence-corrected chi connectivity index (χ4v) is 2.17. The average molecular weight is 218 g/mol. The lowest BCUT2D eigenvalue weighted by Crippen LogP contribution is -2.40. The van der Waals surface area contributed by atoms with Crippen LogP contribution in [0.3, 0.4) is 0 Å². The summed E-state index contributed by atoms with van der Waals surface area (Å²) < 4.78 is 30.1. The van der Waals surface area contributed by atoms with Crippen molar-refractivity contribution in [2.45, 2.75) is 25.4 Å². The van der Waals surface area contributed by atoms with Gasteiger partial charge < -0.3 is 4.74 Å². The molecule has 1 atom stereocenters. The predicted molar refractivity (Wildman–Crippen MR) is 51.0 cm³/mol. The zero-order chi connectivity index (χ0) is 10.7. The minimum Gasteiger partial charge on any atom is -0.374 e. The van der Waals surface area contributed by atoms with Crippen molar-refractivity contribution in [3.8, 4) is 6.07 Å². The first kappa shape index (κ1) is 11.4. The van der Waals surface area contributed by atoms with Crippen LogP contribution in [0.4, 0.5) is 0 Å². The molecule has 1 N–H and O–H groups in total. The number of sulfonamides is 1. The van der Waals surface area contributed by atoms with Crippen LogP contribution in [0.1, 0.15) is 19.8 Å². The molecule has 6 heteroatoms.